The van der Waals surface area contributed by atoms with E-state index in [1.807, 2.05) is 68.5 Å². The first kappa shape index (κ1) is 22.3. The second-order valence-electron chi connectivity index (χ2n) is 6.62. The summed E-state index contributed by atoms with van der Waals surface area (Å²) in [5.74, 6) is 1.53. The normalized spacial score (nSPS) is 15.1. The summed E-state index contributed by atoms with van der Waals surface area (Å²) in [5.41, 5.74) is 2.10. The fraction of sp³-hybridized carbons (Fsp3) is 0.304. The number of carbonyl (C=O) groups is 1. The molecule has 3 rings (SSSR count). The monoisotopic (exact) mass is 443 g/mol. The molecule has 0 saturated carbocycles. The van der Waals surface area contributed by atoms with Crippen LogP contribution in [0.2, 0.25) is 0 Å². The first-order chi connectivity index (χ1) is 14.6. The lowest BCUT2D eigenvalue weighted by Crippen LogP contribution is -2.27. The van der Waals surface area contributed by atoms with Crippen molar-refractivity contribution >= 4 is 40.3 Å². The van der Waals surface area contributed by atoms with Gasteiger partial charge in [-0.05, 0) is 49.8 Å². The van der Waals surface area contributed by atoms with Gasteiger partial charge in [0.15, 0.2) is 0 Å². The number of nitrogens with zero attached hydrogens (tertiary/aromatic N) is 1. The molecule has 1 heterocycles. The molecule has 1 fully saturated rings. The van der Waals surface area contributed by atoms with E-state index in [-0.39, 0.29) is 5.91 Å². The molecule has 0 bridgehead atoms. The minimum absolute atomic E-state index is 0.0416. The van der Waals surface area contributed by atoms with Gasteiger partial charge in [0.05, 0.1) is 18.1 Å². The van der Waals surface area contributed by atoms with Gasteiger partial charge in [-0.2, -0.15) is 0 Å². The van der Waals surface area contributed by atoms with Crippen LogP contribution in [0.25, 0.3) is 6.08 Å². The average Bonchev–Trinajstić information content (AvgIpc) is 3.01. The Morgan fingerprint density at radius 3 is 2.37 bits per heavy atom. The Morgan fingerprint density at radius 1 is 1.00 bits per heavy atom. The maximum absolute atomic E-state index is 12.3. The first-order valence-corrected chi connectivity index (χ1v) is 11.0. The minimum Gasteiger partial charge on any atom is -0.491 e. The van der Waals surface area contributed by atoms with Crippen LogP contribution >= 0.6 is 24.0 Å². The molecule has 2 aromatic carbocycles. The first-order valence-electron chi connectivity index (χ1n) is 9.82. The third kappa shape index (κ3) is 6.32. The smallest absolute Gasteiger partial charge is 0.266 e. The van der Waals surface area contributed by atoms with Gasteiger partial charge in [0.1, 0.15) is 29.0 Å². The molecule has 2 aromatic rings. The van der Waals surface area contributed by atoms with Gasteiger partial charge in [-0.15, -0.1) is 0 Å². The summed E-state index contributed by atoms with van der Waals surface area (Å²) >= 11 is 6.58. The lowest BCUT2D eigenvalue weighted by Gasteiger charge is -2.10. The Balaban J connectivity index is 1.39. The van der Waals surface area contributed by atoms with Crippen LogP contribution in [0.3, 0.4) is 0 Å². The Kier molecular flexibility index (Phi) is 8.30. The summed E-state index contributed by atoms with van der Waals surface area (Å²) in [6.07, 6.45) is 1.85. The molecular formula is C23H25NO4S2. The molecule has 0 spiro atoms. The standard InChI is InChI=1S/C23H25NO4S2/c1-3-24-22(25)21(30-23(24)29)16-18-5-4-6-20(15-18)28-14-12-26-11-13-27-19-9-7-17(2)8-10-19/h4-10,15-16H,3,11-14H2,1-2H3/b21-16-. The fourth-order valence-electron chi connectivity index (χ4n) is 2.79. The van der Waals surface area contributed by atoms with Crippen LogP contribution in [0, 0.1) is 6.92 Å². The summed E-state index contributed by atoms with van der Waals surface area (Å²) in [6, 6.07) is 15.6. The van der Waals surface area contributed by atoms with Crippen molar-refractivity contribution in [3.05, 3.63) is 64.6 Å². The van der Waals surface area contributed by atoms with Crippen molar-refractivity contribution < 1.29 is 19.0 Å². The lowest BCUT2D eigenvalue weighted by molar-refractivity contribution is -0.121. The zero-order chi connectivity index (χ0) is 21.3. The van der Waals surface area contributed by atoms with E-state index >= 15 is 0 Å². The molecule has 0 unspecified atom stereocenters. The molecule has 30 heavy (non-hydrogen) atoms. The molecule has 0 aliphatic carbocycles. The average molecular weight is 444 g/mol. The highest BCUT2D eigenvalue weighted by Gasteiger charge is 2.30. The molecule has 0 atom stereocenters. The fourth-order valence-corrected chi connectivity index (χ4v) is 4.18. The molecule has 7 heteroatoms. The number of thiocarbonyl (C=S) groups is 1. The highest BCUT2D eigenvalue weighted by molar-refractivity contribution is 8.26. The predicted molar refractivity (Wildman–Crippen MR) is 125 cm³/mol. The summed E-state index contributed by atoms with van der Waals surface area (Å²) in [5, 5.41) is 0. The van der Waals surface area contributed by atoms with E-state index < -0.39 is 0 Å². The van der Waals surface area contributed by atoms with Gasteiger partial charge < -0.3 is 14.2 Å². The number of amides is 1. The third-order valence-electron chi connectivity index (χ3n) is 4.36. The van der Waals surface area contributed by atoms with Crippen molar-refractivity contribution in [2.75, 3.05) is 33.0 Å². The van der Waals surface area contributed by atoms with Crippen molar-refractivity contribution in [2.24, 2.45) is 0 Å². The summed E-state index contributed by atoms with van der Waals surface area (Å²) in [6.45, 7) is 6.44. The molecule has 0 aromatic heterocycles. The number of thioether (sulfide) groups is 1. The van der Waals surface area contributed by atoms with E-state index in [1.165, 1.54) is 17.3 Å². The van der Waals surface area contributed by atoms with Crippen molar-refractivity contribution in [3.8, 4) is 11.5 Å². The number of likely N-dealkylation sites (N-methyl/N-ethyl adjacent to an activating group) is 1. The molecule has 1 aliphatic heterocycles. The van der Waals surface area contributed by atoms with Crippen molar-refractivity contribution in [2.45, 2.75) is 13.8 Å². The number of hydrogen-bond donors (Lipinski definition) is 0. The number of aryl methyl sites for hydroxylation is 1. The van der Waals surface area contributed by atoms with E-state index in [0.29, 0.717) is 42.2 Å². The maximum atomic E-state index is 12.3. The molecule has 1 saturated heterocycles. The molecule has 1 amide bonds. The number of hydrogen-bond acceptors (Lipinski definition) is 6. The Labute approximate surface area is 187 Å². The van der Waals surface area contributed by atoms with Crippen LogP contribution in [0.4, 0.5) is 0 Å². The van der Waals surface area contributed by atoms with Crippen molar-refractivity contribution in [1.29, 1.82) is 0 Å². The number of rotatable bonds is 10. The zero-order valence-corrected chi connectivity index (χ0v) is 18.8. The number of carbonyl (C=O) groups excluding carboxylic acids is 1. The third-order valence-corrected chi connectivity index (χ3v) is 5.74. The number of benzene rings is 2. The van der Waals surface area contributed by atoms with E-state index in [1.54, 1.807) is 4.90 Å². The van der Waals surface area contributed by atoms with E-state index in [0.717, 1.165) is 17.1 Å². The topological polar surface area (TPSA) is 48.0 Å². The van der Waals surface area contributed by atoms with Crippen LogP contribution in [0.5, 0.6) is 11.5 Å². The van der Waals surface area contributed by atoms with Crippen LogP contribution in [0.15, 0.2) is 53.4 Å². The van der Waals surface area contributed by atoms with Crippen LogP contribution in [0.1, 0.15) is 18.1 Å². The summed E-state index contributed by atoms with van der Waals surface area (Å²) < 4.78 is 17.5. The van der Waals surface area contributed by atoms with Gasteiger partial charge in [0.2, 0.25) is 0 Å². The van der Waals surface area contributed by atoms with Gasteiger partial charge >= 0.3 is 0 Å². The predicted octanol–water partition coefficient (Wildman–Crippen LogP) is 4.69. The molecule has 158 valence electrons. The van der Waals surface area contributed by atoms with Gasteiger partial charge in [0, 0.05) is 6.54 Å². The molecular weight excluding hydrogens is 418 g/mol. The van der Waals surface area contributed by atoms with Gasteiger partial charge in [0.25, 0.3) is 5.91 Å². The zero-order valence-electron chi connectivity index (χ0n) is 17.1. The maximum Gasteiger partial charge on any atom is 0.266 e. The van der Waals surface area contributed by atoms with E-state index in [9.17, 15) is 4.79 Å². The SMILES string of the molecule is CCN1C(=O)/C(=C/c2cccc(OCCOCCOc3ccc(C)cc3)c2)SC1=S. The highest BCUT2D eigenvalue weighted by Crippen LogP contribution is 2.32. The highest BCUT2D eigenvalue weighted by atomic mass is 32.2. The van der Waals surface area contributed by atoms with Gasteiger partial charge in [-0.3, -0.25) is 9.69 Å². The quantitative estimate of drug-likeness (QED) is 0.302. The van der Waals surface area contributed by atoms with Crippen LogP contribution in [-0.2, 0) is 9.53 Å². The summed E-state index contributed by atoms with van der Waals surface area (Å²) in [4.78, 5) is 14.6. The van der Waals surface area contributed by atoms with Crippen molar-refractivity contribution in [1.82, 2.24) is 4.90 Å². The second-order valence-corrected chi connectivity index (χ2v) is 8.30. The van der Waals surface area contributed by atoms with Crippen molar-refractivity contribution in [3.63, 3.8) is 0 Å². The van der Waals surface area contributed by atoms with Crippen LogP contribution in [-0.4, -0.2) is 48.1 Å². The number of ether oxygens (including phenoxy) is 3. The molecule has 0 N–H and O–H groups in total. The molecule has 5 nitrogen and oxygen atoms in total. The lowest BCUT2D eigenvalue weighted by atomic mass is 10.2. The largest absolute Gasteiger partial charge is 0.491 e. The Hall–Kier alpha value is -2.35. The minimum atomic E-state index is -0.0416. The van der Waals surface area contributed by atoms with Crippen LogP contribution < -0.4 is 9.47 Å². The summed E-state index contributed by atoms with van der Waals surface area (Å²) in [7, 11) is 0. The van der Waals surface area contributed by atoms with E-state index in [4.69, 9.17) is 26.4 Å². The second kappa shape index (κ2) is 11.2. The Bertz CT molecular complexity index is 912. The Morgan fingerprint density at radius 2 is 1.70 bits per heavy atom. The molecule has 0 radical (unpaired) electrons. The molecule has 1 aliphatic rings. The van der Waals surface area contributed by atoms with Gasteiger partial charge in [-0.1, -0.05) is 53.8 Å². The van der Waals surface area contributed by atoms with Gasteiger partial charge in [-0.25, -0.2) is 0 Å². The van der Waals surface area contributed by atoms with E-state index in [2.05, 4.69) is 0 Å².